The second kappa shape index (κ2) is 6.34. The number of benzene rings is 1. The van der Waals surface area contributed by atoms with Crippen LogP contribution in [0, 0.1) is 0 Å². The monoisotopic (exact) mass is 327 g/mol. The van der Waals surface area contributed by atoms with Crippen LogP contribution in [-0.2, 0) is 13.0 Å². The van der Waals surface area contributed by atoms with Crippen molar-refractivity contribution in [3.8, 4) is 0 Å². The van der Waals surface area contributed by atoms with Gasteiger partial charge < -0.3 is 4.90 Å². The number of nitrogens with zero attached hydrogens (tertiary/aromatic N) is 3. The highest BCUT2D eigenvalue weighted by molar-refractivity contribution is 7.15. The molecule has 1 aromatic carbocycles. The fourth-order valence-electron chi connectivity index (χ4n) is 2.40. The summed E-state index contributed by atoms with van der Waals surface area (Å²) < 4.78 is 1.40. The van der Waals surface area contributed by atoms with Crippen molar-refractivity contribution in [2.45, 2.75) is 19.9 Å². The fraction of sp³-hybridized carbons (Fsp3) is 0.235. The Hall–Kier alpha value is -2.47. The van der Waals surface area contributed by atoms with Gasteiger partial charge >= 0.3 is 0 Å². The second-order valence-electron chi connectivity index (χ2n) is 5.36. The molecule has 0 fully saturated rings. The van der Waals surface area contributed by atoms with Gasteiger partial charge in [0, 0.05) is 31.4 Å². The summed E-state index contributed by atoms with van der Waals surface area (Å²) in [7, 11) is 1.69. The van der Waals surface area contributed by atoms with E-state index in [0.29, 0.717) is 11.5 Å². The Morgan fingerprint density at radius 2 is 1.96 bits per heavy atom. The molecule has 2 heterocycles. The minimum absolute atomic E-state index is 0.0913. The molecule has 0 aliphatic heterocycles. The average molecular weight is 327 g/mol. The summed E-state index contributed by atoms with van der Waals surface area (Å²) in [6, 6.07) is 8.13. The molecular weight excluding hydrogens is 310 g/mol. The van der Waals surface area contributed by atoms with Crippen molar-refractivity contribution >= 4 is 22.2 Å². The number of fused-ring (bicyclic) bond motifs is 1. The van der Waals surface area contributed by atoms with Gasteiger partial charge in [-0.15, -0.1) is 11.3 Å². The molecular formula is C17H17N3O2S. The van der Waals surface area contributed by atoms with E-state index in [-0.39, 0.29) is 17.0 Å². The molecule has 0 N–H and O–H groups in total. The first-order valence-corrected chi connectivity index (χ1v) is 8.26. The SMILES string of the molecule is CCc1ccc(CN(C)C(=O)c2cnc3sccn3c2=O)cc1. The number of hydrogen-bond acceptors (Lipinski definition) is 4. The van der Waals surface area contributed by atoms with Gasteiger partial charge in [0.1, 0.15) is 5.56 Å². The molecule has 0 saturated carbocycles. The first-order chi connectivity index (χ1) is 11.1. The van der Waals surface area contributed by atoms with Crippen LogP contribution < -0.4 is 5.56 Å². The molecule has 6 heteroatoms. The topological polar surface area (TPSA) is 54.7 Å². The number of amides is 1. The van der Waals surface area contributed by atoms with Gasteiger partial charge in [0.05, 0.1) is 0 Å². The predicted molar refractivity (Wildman–Crippen MR) is 91.0 cm³/mol. The van der Waals surface area contributed by atoms with Crippen LogP contribution in [0.2, 0.25) is 0 Å². The van der Waals surface area contributed by atoms with Crippen LogP contribution in [0.25, 0.3) is 4.96 Å². The number of aromatic nitrogens is 2. The average Bonchev–Trinajstić information content (AvgIpc) is 3.05. The molecule has 0 bridgehead atoms. The Kier molecular flexibility index (Phi) is 4.25. The lowest BCUT2D eigenvalue weighted by Crippen LogP contribution is -2.32. The van der Waals surface area contributed by atoms with Gasteiger partial charge in [-0.1, -0.05) is 31.2 Å². The lowest BCUT2D eigenvalue weighted by atomic mass is 10.1. The number of rotatable bonds is 4. The van der Waals surface area contributed by atoms with Crippen molar-refractivity contribution < 1.29 is 4.79 Å². The maximum atomic E-state index is 12.5. The zero-order valence-corrected chi connectivity index (χ0v) is 13.8. The molecule has 0 radical (unpaired) electrons. The predicted octanol–water partition coefficient (Wildman–Crippen LogP) is 2.59. The molecule has 5 nitrogen and oxygen atoms in total. The molecule has 0 aliphatic rings. The van der Waals surface area contributed by atoms with Crippen LogP contribution in [-0.4, -0.2) is 27.2 Å². The molecule has 3 aromatic rings. The third kappa shape index (κ3) is 3.03. The fourth-order valence-corrected chi connectivity index (χ4v) is 3.08. The van der Waals surface area contributed by atoms with Crippen LogP contribution in [0.15, 0.2) is 46.8 Å². The third-order valence-corrected chi connectivity index (χ3v) is 4.54. The number of thiazole rings is 1. The minimum Gasteiger partial charge on any atom is -0.337 e. The van der Waals surface area contributed by atoms with Crippen molar-refractivity contribution in [3.05, 3.63) is 69.1 Å². The zero-order chi connectivity index (χ0) is 16.4. The van der Waals surface area contributed by atoms with Gasteiger partial charge in [0.2, 0.25) is 0 Å². The van der Waals surface area contributed by atoms with Crippen LogP contribution in [0.4, 0.5) is 0 Å². The van der Waals surface area contributed by atoms with Crippen molar-refractivity contribution in [1.82, 2.24) is 14.3 Å². The Balaban J connectivity index is 1.82. The highest BCUT2D eigenvalue weighted by atomic mass is 32.1. The first-order valence-electron chi connectivity index (χ1n) is 7.38. The Morgan fingerprint density at radius 3 is 2.65 bits per heavy atom. The summed E-state index contributed by atoms with van der Waals surface area (Å²) in [6.07, 6.45) is 3.99. The second-order valence-corrected chi connectivity index (χ2v) is 6.24. The van der Waals surface area contributed by atoms with Gasteiger partial charge in [-0.25, -0.2) is 4.98 Å². The minimum atomic E-state index is -0.325. The van der Waals surface area contributed by atoms with Gasteiger partial charge in [-0.05, 0) is 17.5 Å². The third-order valence-electron chi connectivity index (χ3n) is 3.77. The standard InChI is InChI=1S/C17H17N3O2S/c1-3-12-4-6-13(7-5-12)11-19(2)15(21)14-10-18-17-20(16(14)22)8-9-23-17/h4-10H,3,11H2,1-2H3. The maximum Gasteiger partial charge on any atom is 0.271 e. The molecule has 0 atom stereocenters. The van der Waals surface area contributed by atoms with Crippen LogP contribution in [0.5, 0.6) is 0 Å². The number of hydrogen-bond donors (Lipinski definition) is 0. The van der Waals surface area contributed by atoms with Crippen LogP contribution in [0.3, 0.4) is 0 Å². The van der Waals surface area contributed by atoms with Crippen molar-refractivity contribution in [1.29, 1.82) is 0 Å². The molecule has 0 saturated heterocycles. The summed E-state index contributed by atoms with van der Waals surface area (Å²) >= 11 is 1.36. The van der Waals surface area contributed by atoms with E-state index in [9.17, 15) is 9.59 Å². The zero-order valence-electron chi connectivity index (χ0n) is 13.0. The smallest absolute Gasteiger partial charge is 0.271 e. The Morgan fingerprint density at radius 1 is 1.26 bits per heavy atom. The molecule has 1 amide bonds. The first kappa shape index (κ1) is 15.4. The largest absolute Gasteiger partial charge is 0.337 e. The van der Waals surface area contributed by atoms with Crippen molar-refractivity contribution in [3.63, 3.8) is 0 Å². The summed E-state index contributed by atoms with van der Waals surface area (Å²) in [4.78, 5) is 31.2. The van der Waals surface area contributed by atoms with E-state index in [1.54, 1.807) is 18.6 Å². The van der Waals surface area contributed by atoms with Crippen molar-refractivity contribution in [2.75, 3.05) is 7.05 Å². The summed E-state index contributed by atoms with van der Waals surface area (Å²) in [6.45, 7) is 2.56. The number of carbonyl (C=O) groups excluding carboxylic acids is 1. The highest BCUT2D eigenvalue weighted by Gasteiger charge is 2.18. The van der Waals surface area contributed by atoms with E-state index in [0.717, 1.165) is 12.0 Å². The van der Waals surface area contributed by atoms with E-state index in [1.807, 2.05) is 12.1 Å². The summed E-state index contributed by atoms with van der Waals surface area (Å²) in [5.41, 5.74) is 2.05. The van der Waals surface area contributed by atoms with Crippen LogP contribution in [0.1, 0.15) is 28.4 Å². The molecule has 0 aliphatic carbocycles. The Bertz CT molecular complexity index is 896. The lowest BCUT2D eigenvalue weighted by molar-refractivity contribution is 0.0782. The molecule has 3 rings (SSSR count). The molecule has 118 valence electrons. The highest BCUT2D eigenvalue weighted by Crippen LogP contribution is 2.10. The number of aryl methyl sites for hydroxylation is 1. The molecule has 0 unspecified atom stereocenters. The molecule has 23 heavy (non-hydrogen) atoms. The van der Waals surface area contributed by atoms with Gasteiger partial charge in [0.15, 0.2) is 4.96 Å². The quantitative estimate of drug-likeness (QED) is 0.740. The van der Waals surface area contributed by atoms with E-state index in [1.165, 1.54) is 32.4 Å². The van der Waals surface area contributed by atoms with Gasteiger partial charge in [-0.2, -0.15) is 0 Å². The normalized spacial score (nSPS) is 10.9. The van der Waals surface area contributed by atoms with Crippen LogP contribution >= 0.6 is 11.3 Å². The number of carbonyl (C=O) groups is 1. The Labute approximate surface area is 137 Å². The summed E-state index contributed by atoms with van der Waals surface area (Å²) in [5, 5.41) is 1.77. The van der Waals surface area contributed by atoms with E-state index >= 15 is 0 Å². The molecule has 0 spiro atoms. The molecule has 2 aromatic heterocycles. The summed E-state index contributed by atoms with van der Waals surface area (Å²) in [5.74, 6) is -0.317. The maximum absolute atomic E-state index is 12.5. The van der Waals surface area contributed by atoms with E-state index in [4.69, 9.17) is 0 Å². The van der Waals surface area contributed by atoms with E-state index in [2.05, 4.69) is 24.0 Å². The van der Waals surface area contributed by atoms with Gasteiger partial charge in [0.25, 0.3) is 11.5 Å². The van der Waals surface area contributed by atoms with Crippen molar-refractivity contribution in [2.24, 2.45) is 0 Å². The van der Waals surface area contributed by atoms with Gasteiger partial charge in [-0.3, -0.25) is 14.0 Å². The lowest BCUT2D eigenvalue weighted by Gasteiger charge is -2.17. The van der Waals surface area contributed by atoms with E-state index < -0.39 is 0 Å².